The summed E-state index contributed by atoms with van der Waals surface area (Å²) in [5.41, 5.74) is 0.919. The highest BCUT2D eigenvalue weighted by Gasteiger charge is 2.36. The average Bonchev–Trinajstić information content (AvgIpc) is 2.70. The molecule has 0 saturated heterocycles. The van der Waals surface area contributed by atoms with Crippen molar-refractivity contribution in [1.29, 1.82) is 0 Å². The van der Waals surface area contributed by atoms with Gasteiger partial charge in [0.15, 0.2) is 0 Å². The predicted octanol–water partition coefficient (Wildman–Crippen LogP) is 3.32. The fraction of sp³-hybridized carbons (Fsp3) is 0.522. The van der Waals surface area contributed by atoms with Gasteiger partial charge in [-0.15, -0.1) is 0 Å². The van der Waals surface area contributed by atoms with Gasteiger partial charge in [-0.3, -0.25) is 13.9 Å². The molecule has 7 nitrogen and oxygen atoms in total. The van der Waals surface area contributed by atoms with Gasteiger partial charge in [0, 0.05) is 25.2 Å². The summed E-state index contributed by atoms with van der Waals surface area (Å²) in [7, 11) is 0. The third kappa shape index (κ3) is 4.20. The summed E-state index contributed by atoms with van der Waals surface area (Å²) in [4.78, 5) is 41.1. The van der Waals surface area contributed by atoms with Crippen LogP contribution in [-0.4, -0.2) is 32.3 Å². The lowest BCUT2D eigenvalue weighted by Crippen LogP contribution is -2.51. The average molecular weight is 414 g/mol. The lowest BCUT2D eigenvalue weighted by molar-refractivity contribution is 0.0130. The summed E-state index contributed by atoms with van der Waals surface area (Å²) < 4.78 is 8.55. The summed E-state index contributed by atoms with van der Waals surface area (Å²) in [6.07, 6.45) is 0.591. The zero-order chi connectivity index (χ0) is 22.1. The van der Waals surface area contributed by atoms with E-state index in [1.54, 1.807) is 9.47 Å². The van der Waals surface area contributed by atoms with Crippen LogP contribution in [0.25, 0.3) is 0 Å². The van der Waals surface area contributed by atoms with Crippen LogP contribution in [0.1, 0.15) is 63.9 Å². The number of benzene rings is 1. The molecular weight excluding hydrogens is 382 g/mol. The van der Waals surface area contributed by atoms with Crippen molar-refractivity contribution in [3.8, 4) is 0 Å². The maximum atomic E-state index is 13.5. The second kappa shape index (κ2) is 8.50. The number of amides is 1. The molecule has 0 N–H and O–H groups in total. The third-order valence-corrected chi connectivity index (χ3v) is 5.39. The maximum Gasteiger partial charge on any atom is 0.410 e. The molecule has 3 rings (SSSR count). The molecule has 1 atom stereocenters. The van der Waals surface area contributed by atoms with Gasteiger partial charge >= 0.3 is 11.8 Å². The monoisotopic (exact) mass is 413 g/mol. The number of carbonyl (C=O) groups excluding carboxylic acids is 1. The van der Waals surface area contributed by atoms with Gasteiger partial charge in [-0.1, -0.05) is 37.3 Å². The molecule has 0 spiro atoms. The lowest BCUT2D eigenvalue weighted by Gasteiger charge is -2.38. The minimum atomic E-state index is -0.620. The van der Waals surface area contributed by atoms with Crippen molar-refractivity contribution in [2.75, 3.05) is 6.54 Å². The molecule has 0 radical (unpaired) electrons. The summed E-state index contributed by atoms with van der Waals surface area (Å²) in [5, 5.41) is 0. The van der Waals surface area contributed by atoms with E-state index in [-0.39, 0.29) is 17.8 Å². The van der Waals surface area contributed by atoms with E-state index in [1.807, 2.05) is 65.0 Å². The number of hydrogen-bond donors (Lipinski definition) is 0. The number of fused-ring (bicyclic) bond motifs is 1. The van der Waals surface area contributed by atoms with Crippen molar-refractivity contribution in [3.05, 3.63) is 68.0 Å². The van der Waals surface area contributed by atoms with Gasteiger partial charge in [-0.2, -0.15) is 0 Å². The number of nitrogens with zero attached hydrogens (tertiary/aromatic N) is 3. The molecule has 1 aliphatic rings. The minimum absolute atomic E-state index is 0.203. The van der Waals surface area contributed by atoms with E-state index >= 15 is 0 Å². The zero-order valence-electron chi connectivity index (χ0n) is 18.5. The Hall–Kier alpha value is -2.83. The fourth-order valence-electron chi connectivity index (χ4n) is 4.10. The minimum Gasteiger partial charge on any atom is -0.444 e. The Kier molecular flexibility index (Phi) is 6.19. The number of aromatic nitrogens is 2. The van der Waals surface area contributed by atoms with Gasteiger partial charge < -0.3 is 9.64 Å². The molecule has 1 aliphatic heterocycles. The molecule has 0 aliphatic carbocycles. The Balaban J connectivity index is 2.13. The molecule has 162 valence electrons. The van der Waals surface area contributed by atoms with E-state index in [9.17, 15) is 14.4 Å². The first-order valence-corrected chi connectivity index (χ1v) is 10.6. The van der Waals surface area contributed by atoms with Crippen LogP contribution in [0.4, 0.5) is 4.79 Å². The number of rotatable bonds is 4. The number of ether oxygens (including phenoxy) is 1. The highest BCUT2D eigenvalue weighted by molar-refractivity contribution is 5.69. The smallest absolute Gasteiger partial charge is 0.410 e. The standard InChI is InChI=1S/C23H31N3O4/c1-6-17-19-18(13-14-25(17)22(29)30-23(3,4)5)24(7-2)21(28)26(20(19)27)15-16-11-9-8-10-12-16/h8-12,17H,6-7,13-15H2,1-5H3. The van der Waals surface area contributed by atoms with E-state index in [2.05, 4.69) is 0 Å². The van der Waals surface area contributed by atoms with Crippen LogP contribution >= 0.6 is 0 Å². The molecule has 30 heavy (non-hydrogen) atoms. The second-order valence-electron chi connectivity index (χ2n) is 8.61. The van der Waals surface area contributed by atoms with Crippen LogP contribution in [0, 0.1) is 0 Å². The number of hydrogen-bond acceptors (Lipinski definition) is 4. The Morgan fingerprint density at radius 1 is 1.10 bits per heavy atom. The molecule has 1 aromatic carbocycles. The van der Waals surface area contributed by atoms with Crippen LogP contribution in [0.3, 0.4) is 0 Å². The van der Waals surface area contributed by atoms with Crippen molar-refractivity contribution in [3.63, 3.8) is 0 Å². The van der Waals surface area contributed by atoms with Crippen LogP contribution in [0.5, 0.6) is 0 Å². The Morgan fingerprint density at radius 3 is 2.33 bits per heavy atom. The van der Waals surface area contributed by atoms with Crippen LogP contribution in [0.15, 0.2) is 39.9 Å². The van der Waals surface area contributed by atoms with E-state index in [0.29, 0.717) is 31.5 Å². The van der Waals surface area contributed by atoms with Gasteiger partial charge in [0.1, 0.15) is 5.60 Å². The van der Waals surface area contributed by atoms with Crippen LogP contribution < -0.4 is 11.2 Å². The normalized spacial score (nSPS) is 16.3. The molecule has 2 aromatic rings. The molecular formula is C23H31N3O4. The van der Waals surface area contributed by atoms with Crippen LogP contribution in [-0.2, 0) is 24.2 Å². The van der Waals surface area contributed by atoms with Crippen molar-refractivity contribution in [2.24, 2.45) is 0 Å². The second-order valence-corrected chi connectivity index (χ2v) is 8.61. The van der Waals surface area contributed by atoms with Gasteiger partial charge in [-0.25, -0.2) is 9.59 Å². The quantitative estimate of drug-likeness (QED) is 0.771. The first kappa shape index (κ1) is 21.9. The Labute approximate surface area is 176 Å². The molecule has 0 saturated carbocycles. The highest BCUT2D eigenvalue weighted by Crippen LogP contribution is 2.30. The Bertz CT molecular complexity index is 1030. The SMILES string of the molecule is CCC1c2c(n(CC)c(=O)n(Cc3ccccc3)c2=O)CCN1C(=O)OC(C)(C)C. The summed E-state index contributed by atoms with van der Waals surface area (Å²) >= 11 is 0. The summed E-state index contributed by atoms with van der Waals surface area (Å²) in [6.45, 7) is 10.4. The molecule has 2 heterocycles. The summed E-state index contributed by atoms with van der Waals surface area (Å²) in [5.74, 6) is 0. The van der Waals surface area contributed by atoms with Crippen molar-refractivity contribution in [1.82, 2.24) is 14.0 Å². The fourth-order valence-corrected chi connectivity index (χ4v) is 4.10. The molecule has 0 bridgehead atoms. The van der Waals surface area contributed by atoms with Gasteiger partial charge in [0.25, 0.3) is 5.56 Å². The summed E-state index contributed by atoms with van der Waals surface area (Å²) in [6, 6.07) is 9.04. The largest absolute Gasteiger partial charge is 0.444 e. The van der Waals surface area contributed by atoms with Crippen molar-refractivity contribution >= 4 is 6.09 Å². The molecule has 1 aromatic heterocycles. The van der Waals surface area contributed by atoms with Gasteiger partial charge in [0.05, 0.1) is 18.2 Å². The van der Waals surface area contributed by atoms with E-state index in [1.165, 1.54) is 4.57 Å². The van der Waals surface area contributed by atoms with Crippen LogP contribution in [0.2, 0.25) is 0 Å². The first-order valence-electron chi connectivity index (χ1n) is 10.6. The molecule has 1 unspecified atom stereocenters. The molecule has 1 amide bonds. The predicted molar refractivity (Wildman–Crippen MR) is 116 cm³/mol. The number of carbonyl (C=O) groups is 1. The van der Waals surface area contributed by atoms with E-state index in [0.717, 1.165) is 11.3 Å². The van der Waals surface area contributed by atoms with E-state index in [4.69, 9.17) is 4.74 Å². The first-order chi connectivity index (χ1) is 14.2. The third-order valence-electron chi connectivity index (χ3n) is 5.39. The van der Waals surface area contributed by atoms with Crippen molar-refractivity contribution < 1.29 is 9.53 Å². The maximum absolute atomic E-state index is 13.5. The molecule has 0 fully saturated rings. The van der Waals surface area contributed by atoms with Gasteiger partial charge in [0.2, 0.25) is 0 Å². The van der Waals surface area contributed by atoms with E-state index < -0.39 is 17.7 Å². The Morgan fingerprint density at radius 2 is 1.77 bits per heavy atom. The zero-order valence-corrected chi connectivity index (χ0v) is 18.5. The topological polar surface area (TPSA) is 73.5 Å². The highest BCUT2D eigenvalue weighted by atomic mass is 16.6. The molecule has 7 heteroatoms. The lowest BCUT2D eigenvalue weighted by atomic mass is 9.95. The van der Waals surface area contributed by atoms with Crippen molar-refractivity contribution in [2.45, 2.75) is 72.2 Å². The van der Waals surface area contributed by atoms with Gasteiger partial charge in [-0.05, 0) is 39.7 Å².